The van der Waals surface area contributed by atoms with Gasteiger partial charge in [0.1, 0.15) is 0 Å². The molecule has 0 aliphatic rings. The number of carboxylic acids is 1. The van der Waals surface area contributed by atoms with E-state index in [9.17, 15) is 9.59 Å². The monoisotopic (exact) mass is 266 g/mol. The molecule has 1 rings (SSSR count). The lowest BCUT2D eigenvalue weighted by Crippen LogP contribution is -2.37. The first kappa shape index (κ1) is 15.0. The van der Waals surface area contributed by atoms with E-state index in [1.54, 1.807) is 26.2 Å². The Morgan fingerprint density at radius 1 is 1.37 bits per heavy atom. The topological polar surface area (TPSA) is 87.7 Å². The van der Waals surface area contributed by atoms with Crippen molar-refractivity contribution in [1.82, 2.24) is 5.32 Å². The van der Waals surface area contributed by atoms with Gasteiger partial charge in [-0.05, 0) is 13.0 Å². The minimum atomic E-state index is -0.951. The fraction of sp³-hybridized carbons (Fsp3) is 0.385. The molecule has 6 heteroatoms. The van der Waals surface area contributed by atoms with Crippen molar-refractivity contribution in [2.24, 2.45) is 0 Å². The van der Waals surface area contributed by atoms with E-state index < -0.39 is 18.0 Å². The van der Waals surface area contributed by atoms with Gasteiger partial charge < -0.3 is 20.5 Å². The second kappa shape index (κ2) is 7.38. The normalized spacial score (nSPS) is 11.7. The van der Waals surface area contributed by atoms with Gasteiger partial charge in [-0.3, -0.25) is 4.79 Å². The van der Waals surface area contributed by atoms with E-state index in [1.807, 2.05) is 12.1 Å². The smallest absolute Gasteiger partial charge is 0.319 e. The Balaban J connectivity index is 2.59. The number of ether oxygens (including phenoxy) is 1. The van der Waals surface area contributed by atoms with E-state index in [4.69, 9.17) is 9.84 Å². The van der Waals surface area contributed by atoms with Gasteiger partial charge in [0.05, 0.1) is 13.0 Å². The van der Waals surface area contributed by atoms with Gasteiger partial charge in [-0.2, -0.15) is 0 Å². The maximum absolute atomic E-state index is 11.7. The number of urea groups is 1. The maximum Gasteiger partial charge on any atom is 0.319 e. The minimum Gasteiger partial charge on any atom is -0.481 e. The van der Waals surface area contributed by atoms with Gasteiger partial charge in [0.2, 0.25) is 0 Å². The minimum absolute atomic E-state index is 0.118. The molecule has 1 aromatic carbocycles. The van der Waals surface area contributed by atoms with Crippen molar-refractivity contribution in [2.75, 3.05) is 12.4 Å². The molecule has 0 radical (unpaired) electrons. The number of hydrogen-bond donors (Lipinski definition) is 3. The summed E-state index contributed by atoms with van der Waals surface area (Å²) in [6.07, 6.45) is -0.118. The largest absolute Gasteiger partial charge is 0.481 e. The van der Waals surface area contributed by atoms with Gasteiger partial charge in [0.15, 0.2) is 0 Å². The van der Waals surface area contributed by atoms with Crippen LogP contribution in [0, 0.1) is 0 Å². The zero-order chi connectivity index (χ0) is 14.3. The number of aliphatic carboxylic acids is 1. The van der Waals surface area contributed by atoms with Crippen molar-refractivity contribution in [3.8, 4) is 0 Å². The Hall–Kier alpha value is -2.08. The van der Waals surface area contributed by atoms with Crippen LogP contribution in [-0.4, -0.2) is 30.3 Å². The van der Waals surface area contributed by atoms with E-state index in [1.165, 1.54) is 0 Å². The van der Waals surface area contributed by atoms with Crippen LogP contribution >= 0.6 is 0 Å². The van der Waals surface area contributed by atoms with Crippen molar-refractivity contribution in [1.29, 1.82) is 0 Å². The molecule has 0 aliphatic carbocycles. The number of methoxy groups -OCH3 is 1. The predicted molar refractivity (Wildman–Crippen MR) is 71.0 cm³/mol. The lowest BCUT2D eigenvalue weighted by Gasteiger charge is -2.14. The quantitative estimate of drug-likeness (QED) is 0.732. The third-order valence-corrected chi connectivity index (χ3v) is 2.42. The number of benzene rings is 1. The number of carbonyl (C=O) groups is 2. The molecule has 1 unspecified atom stereocenters. The number of para-hydroxylation sites is 1. The first-order valence-corrected chi connectivity index (χ1v) is 5.89. The Morgan fingerprint density at radius 2 is 2.05 bits per heavy atom. The van der Waals surface area contributed by atoms with E-state index in [0.717, 1.165) is 5.56 Å². The van der Waals surface area contributed by atoms with Crippen molar-refractivity contribution < 1.29 is 19.4 Å². The molecule has 0 saturated heterocycles. The highest BCUT2D eigenvalue weighted by atomic mass is 16.5. The average Bonchev–Trinajstić information content (AvgIpc) is 2.30. The molecule has 2 amide bonds. The lowest BCUT2D eigenvalue weighted by atomic mass is 10.2. The summed E-state index contributed by atoms with van der Waals surface area (Å²) >= 11 is 0. The molecular weight excluding hydrogens is 248 g/mol. The summed E-state index contributed by atoms with van der Waals surface area (Å²) in [6, 6.07) is 6.39. The van der Waals surface area contributed by atoms with Crippen LogP contribution in [-0.2, 0) is 16.1 Å². The van der Waals surface area contributed by atoms with Crippen LogP contribution in [0.15, 0.2) is 24.3 Å². The molecule has 0 heterocycles. The third-order valence-electron chi connectivity index (χ3n) is 2.42. The highest BCUT2D eigenvalue weighted by molar-refractivity contribution is 5.90. The van der Waals surface area contributed by atoms with E-state index >= 15 is 0 Å². The van der Waals surface area contributed by atoms with Gasteiger partial charge >= 0.3 is 12.0 Å². The molecule has 0 spiro atoms. The summed E-state index contributed by atoms with van der Waals surface area (Å²) in [5.41, 5.74) is 1.50. The molecule has 0 aromatic heterocycles. The van der Waals surface area contributed by atoms with Crippen molar-refractivity contribution in [3.05, 3.63) is 29.8 Å². The first-order chi connectivity index (χ1) is 9.02. The summed E-state index contributed by atoms with van der Waals surface area (Å²) in [6.45, 7) is 2.02. The van der Waals surface area contributed by atoms with E-state index in [0.29, 0.717) is 12.3 Å². The number of carbonyl (C=O) groups excluding carboxylic acids is 1. The third kappa shape index (κ3) is 5.39. The first-order valence-electron chi connectivity index (χ1n) is 5.89. The lowest BCUT2D eigenvalue weighted by molar-refractivity contribution is -0.137. The summed E-state index contributed by atoms with van der Waals surface area (Å²) in [5.74, 6) is -0.951. The van der Waals surface area contributed by atoms with Crippen LogP contribution < -0.4 is 10.6 Å². The van der Waals surface area contributed by atoms with E-state index in [2.05, 4.69) is 10.6 Å². The summed E-state index contributed by atoms with van der Waals surface area (Å²) in [7, 11) is 1.58. The van der Waals surface area contributed by atoms with Gasteiger partial charge in [0, 0.05) is 24.4 Å². The molecule has 1 atom stereocenters. The fourth-order valence-corrected chi connectivity index (χ4v) is 1.62. The number of carboxylic acid groups (broad SMARTS) is 1. The van der Waals surface area contributed by atoms with Crippen LogP contribution in [0.2, 0.25) is 0 Å². The van der Waals surface area contributed by atoms with Gasteiger partial charge in [-0.15, -0.1) is 0 Å². The second-order valence-electron chi connectivity index (χ2n) is 4.19. The molecule has 6 nitrogen and oxygen atoms in total. The zero-order valence-corrected chi connectivity index (χ0v) is 11.0. The van der Waals surface area contributed by atoms with Gasteiger partial charge in [-0.1, -0.05) is 18.2 Å². The zero-order valence-electron chi connectivity index (χ0n) is 11.0. The molecule has 0 saturated carbocycles. The van der Waals surface area contributed by atoms with Crippen LogP contribution in [0.5, 0.6) is 0 Å². The Kier molecular flexibility index (Phi) is 5.81. The number of hydrogen-bond acceptors (Lipinski definition) is 3. The average molecular weight is 266 g/mol. The predicted octanol–water partition coefficient (Wildman–Crippen LogP) is 1.82. The number of anilines is 1. The molecule has 104 valence electrons. The van der Waals surface area contributed by atoms with Crippen LogP contribution in [0.4, 0.5) is 10.5 Å². The van der Waals surface area contributed by atoms with Gasteiger partial charge in [0.25, 0.3) is 0 Å². The Morgan fingerprint density at radius 3 is 2.68 bits per heavy atom. The number of nitrogens with one attached hydrogen (secondary N) is 2. The molecule has 19 heavy (non-hydrogen) atoms. The molecule has 1 aromatic rings. The Bertz CT molecular complexity index is 448. The van der Waals surface area contributed by atoms with Gasteiger partial charge in [-0.25, -0.2) is 4.79 Å². The molecule has 0 fully saturated rings. The summed E-state index contributed by atoms with van der Waals surface area (Å²) < 4.78 is 5.03. The molecule has 0 bridgehead atoms. The number of amides is 2. The highest BCUT2D eigenvalue weighted by Crippen LogP contribution is 2.15. The molecule has 3 N–H and O–H groups in total. The molecular formula is C13H18N2O4. The number of rotatable bonds is 6. The van der Waals surface area contributed by atoms with E-state index in [-0.39, 0.29) is 6.42 Å². The SMILES string of the molecule is COCc1ccccc1NC(=O)NC(C)CC(=O)O. The van der Waals surface area contributed by atoms with Crippen LogP contribution in [0.1, 0.15) is 18.9 Å². The van der Waals surface area contributed by atoms with Crippen molar-refractivity contribution in [3.63, 3.8) is 0 Å². The van der Waals surface area contributed by atoms with Crippen LogP contribution in [0.25, 0.3) is 0 Å². The fourth-order valence-electron chi connectivity index (χ4n) is 1.62. The van der Waals surface area contributed by atoms with Crippen molar-refractivity contribution in [2.45, 2.75) is 26.0 Å². The Labute approximate surface area is 111 Å². The summed E-state index contributed by atoms with van der Waals surface area (Å²) in [5, 5.41) is 13.8. The highest BCUT2D eigenvalue weighted by Gasteiger charge is 2.12. The standard InChI is InChI=1S/C13H18N2O4/c1-9(7-12(16)17)14-13(18)15-11-6-4-3-5-10(11)8-19-2/h3-6,9H,7-8H2,1-2H3,(H,16,17)(H2,14,15,18). The van der Waals surface area contributed by atoms with Crippen molar-refractivity contribution >= 4 is 17.7 Å². The maximum atomic E-state index is 11.7. The van der Waals surface area contributed by atoms with Crippen LogP contribution in [0.3, 0.4) is 0 Å². The summed E-state index contributed by atoms with van der Waals surface area (Å²) in [4.78, 5) is 22.2. The second-order valence-corrected chi connectivity index (χ2v) is 4.19. The molecule has 0 aliphatic heterocycles.